The Morgan fingerprint density at radius 2 is 0.767 bits per heavy atom. The van der Waals surface area contributed by atoms with E-state index < -0.39 is 29.9 Å². The van der Waals surface area contributed by atoms with Crippen LogP contribution in [-0.4, -0.2) is 45.2 Å². The Balaban J connectivity index is 3.90. The molecule has 0 heterocycles. The SMILES string of the molecule is CCCCCCCCCCC(=O)C(O)C(O)C(O)C(=O)CCCCCCCCCC. The summed E-state index contributed by atoms with van der Waals surface area (Å²) in [6, 6.07) is 0. The van der Waals surface area contributed by atoms with Crippen molar-refractivity contribution in [3.63, 3.8) is 0 Å². The molecule has 0 aliphatic heterocycles. The van der Waals surface area contributed by atoms with Crippen LogP contribution >= 0.6 is 0 Å². The summed E-state index contributed by atoms with van der Waals surface area (Å²) in [7, 11) is 0. The van der Waals surface area contributed by atoms with E-state index in [4.69, 9.17) is 0 Å². The summed E-state index contributed by atoms with van der Waals surface area (Å²) in [5, 5.41) is 30.0. The number of hydrogen-bond donors (Lipinski definition) is 3. The van der Waals surface area contributed by atoms with Gasteiger partial charge in [-0.05, 0) is 12.8 Å². The van der Waals surface area contributed by atoms with E-state index in [2.05, 4.69) is 13.8 Å². The van der Waals surface area contributed by atoms with Gasteiger partial charge in [-0.3, -0.25) is 9.59 Å². The number of aliphatic hydroxyl groups excluding tert-OH is 3. The Labute approximate surface area is 184 Å². The van der Waals surface area contributed by atoms with E-state index in [0.717, 1.165) is 38.5 Å². The summed E-state index contributed by atoms with van der Waals surface area (Å²) < 4.78 is 0. The Bertz CT molecular complexity index is 386. The third kappa shape index (κ3) is 15.1. The van der Waals surface area contributed by atoms with Crippen LogP contribution in [0.3, 0.4) is 0 Å². The number of unbranched alkanes of at least 4 members (excludes halogenated alkanes) is 14. The zero-order chi connectivity index (χ0) is 22.6. The fourth-order valence-corrected chi connectivity index (χ4v) is 3.72. The molecular weight excluding hydrogens is 380 g/mol. The van der Waals surface area contributed by atoms with Gasteiger partial charge in [0.05, 0.1) is 0 Å². The quantitative estimate of drug-likeness (QED) is 0.204. The summed E-state index contributed by atoms with van der Waals surface area (Å²) in [5.41, 5.74) is 0. The van der Waals surface area contributed by atoms with Gasteiger partial charge >= 0.3 is 0 Å². The monoisotopic (exact) mass is 428 g/mol. The van der Waals surface area contributed by atoms with Gasteiger partial charge in [-0.15, -0.1) is 0 Å². The highest BCUT2D eigenvalue weighted by atomic mass is 16.4. The summed E-state index contributed by atoms with van der Waals surface area (Å²) >= 11 is 0. The zero-order valence-corrected chi connectivity index (χ0v) is 19.6. The molecule has 0 saturated carbocycles. The zero-order valence-electron chi connectivity index (χ0n) is 19.6. The van der Waals surface area contributed by atoms with Crippen molar-refractivity contribution in [3.8, 4) is 0 Å². The minimum Gasteiger partial charge on any atom is -0.387 e. The number of carbonyl (C=O) groups is 2. The first-order valence-corrected chi connectivity index (χ1v) is 12.5. The maximum atomic E-state index is 12.1. The van der Waals surface area contributed by atoms with Crippen LogP contribution in [-0.2, 0) is 9.59 Å². The Morgan fingerprint density at radius 3 is 1.07 bits per heavy atom. The first kappa shape index (κ1) is 29.2. The number of Topliss-reactive ketones (excluding diaryl/α,β-unsaturated/α-hetero) is 2. The molecule has 0 radical (unpaired) electrons. The third-order valence-electron chi connectivity index (χ3n) is 5.86. The van der Waals surface area contributed by atoms with E-state index in [9.17, 15) is 24.9 Å². The first-order chi connectivity index (χ1) is 14.5. The second kappa shape index (κ2) is 20.1. The van der Waals surface area contributed by atoms with Gasteiger partial charge in [0.25, 0.3) is 0 Å². The molecule has 0 aromatic carbocycles. The van der Waals surface area contributed by atoms with Crippen molar-refractivity contribution in [2.45, 2.75) is 148 Å². The van der Waals surface area contributed by atoms with E-state index in [1.54, 1.807) is 0 Å². The predicted octanol–water partition coefficient (Wildman–Crippen LogP) is 5.27. The molecule has 0 saturated heterocycles. The lowest BCUT2D eigenvalue weighted by molar-refractivity contribution is -0.146. The van der Waals surface area contributed by atoms with Crippen LogP contribution in [0, 0.1) is 0 Å². The van der Waals surface area contributed by atoms with Crippen molar-refractivity contribution in [1.29, 1.82) is 0 Å². The molecule has 5 heteroatoms. The summed E-state index contributed by atoms with van der Waals surface area (Å²) in [5.74, 6) is -0.986. The van der Waals surface area contributed by atoms with Crippen molar-refractivity contribution in [2.75, 3.05) is 0 Å². The number of hydrogen-bond acceptors (Lipinski definition) is 5. The van der Waals surface area contributed by atoms with Crippen LogP contribution < -0.4 is 0 Å². The van der Waals surface area contributed by atoms with Crippen molar-refractivity contribution < 1.29 is 24.9 Å². The van der Waals surface area contributed by atoms with Gasteiger partial charge in [-0.25, -0.2) is 0 Å². The van der Waals surface area contributed by atoms with Gasteiger partial charge in [-0.2, -0.15) is 0 Å². The van der Waals surface area contributed by atoms with Gasteiger partial charge in [0.1, 0.15) is 18.3 Å². The largest absolute Gasteiger partial charge is 0.387 e. The summed E-state index contributed by atoms with van der Waals surface area (Å²) in [6.07, 6.45) is 12.8. The van der Waals surface area contributed by atoms with Gasteiger partial charge in [0, 0.05) is 12.8 Å². The molecule has 0 aromatic heterocycles. The molecule has 2 unspecified atom stereocenters. The van der Waals surface area contributed by atoms with E-state index in [0.29, 0.717) is 12.8 Å². The van der Waals surface area contributed by atoms with E-state index in [1.807, 2.05) is 0 Å². The second-order valence-corrected chi connectivity index (χ2v) is 8.76. The highest BCUT2D eigenvalue weighted by molar-refractivity contribution is 5.87. The smallest absolute Gasteiger partial charge is 0.164 e. The van der Waals surface area contributed by atoms with Gasteiger partial charge < -0.3 is 15.3 Å². The number of rotatable bonds is 22. The summed E-state index contributed by atoms with van der Waals surface area (Å²) in [4.78, 5) is 24.1. The highest BCUT2D eigenvalue weighted by Crippen LogP contribution is 2.14. The molecule has 30 heavy (non-hydrogen) atoms. The second-order valence-electron chi connectivity index (χ2n) is 8.76. The van der Waals surface area contributed by atoms with Gasteiger partial charge in [0.2, 0.25) is 0 Å². The topological polar surface area (TPSA) is 94.8 Å². The predicted molar refractivity (Wildman–Crippen MR) is 122 cm³/mol. The lowest BCUT2D eigenvalue weighted by atomic mass is 9.95. The standard InChI is InChI=1S/C25H48O5/c1-3-5-7-9-11-13-15-17-19-21(26)23(28)25(30)24(29)22(27)20-18-16-14-12-10-8-6-4-2/h23-25,28-30H,3-20H2,1-2H3. The molecule has 0 aliphatic carbocycles. The summed E-state index contributed by atoms with van der Waals surface area (Å²) in [6.45, 7) is 4.37. The highest BCUT2D eigenvalue weighted by Gasteiger charge is 2.33. The Kier molecular flexibility index (Phi) is 19.6. The molecule has 0 amide bonds. The fourth-order valence-electron chi connectivity index (χ4n) is 3.72. The minimum atomic E-state index is -1.73. The van der Waals surface area contributed by atoms with Crippen LogP contribution in [0.25, 0.3) is 0 Å². The maximum absolute atomic E-state index is 12.1. The van der Waals surface area contributed by atoms with Crippen molar-refractivity contribution in [3.05, 3.63) is 0 Å². The van der Waals surface area contributed by atoms with Crippen LogP contribution in [0.5, 0.6) is 0 Å². The molecule has 3 N–H and O–H groups in total. The Morgan fingerprint density at radius 1 is 0.500 bits per heavy atom. The first-order valence-electron chi connectivity index (χ1n) is 12.5. The molecule has 2 atom stereocenters. The van der Waals surface area contributed by atoms with Gasteiger partial charge in [0.15, 0.2) is 11.6 Å². The normalized spacial score (nSPS) is 14.4. The third-order valence-corrected chi connectivity index (χ3v) is 5.86. The molecule has 0 bridgehead atoms. The van der Waals surface area contributed by atoms with Crippen molar-refractivity contribution in [2.24, 2.45) is 0 Å². The molecule has 0 spiro atoms. The van der Waals surface area contributed by atoms with Gasteiger partial charge in [-0.1, -0.05) is 104 Å². The number of carbonyl (C=O) groups excluding carboxylic acids is 2. The van der Waals surface area contributed by atoms with Crippen LogP contribution in [0.4, 0.5) is 0 Å². The molecule has 0 rings (SSSR count). The molecular formula is C25H48O5. The minimum absolute atomic E-state index is 0.173. The molecule has 0 aliphatic rings. The van der Waals surface area contributed by atoms with Crippen LogP contribution in [0.15, 0.2) is 0 Å². The van der Waals surface area contributed by atoms with Crippen molar-refractivity contribution in [1.82, 2.24) is 0 Å². The lowest BCUT2D eigenvalue weighted by Gasteiger charge is -2.21. The number of aliphatic hydroxyl groups is 3. The van der Waals surface area contributed by atoms with Crippen LogP contribution in [0.2, 0.25) is 0 Å². The fraction of sp³-hybridized carbons (Fsp3) is 0.920. The maximum Gasteiger partial charge on any atom is 0.164 e. The molecule has 178 valence electrons. The molecule has 0 fully saturated rings. The molecule has 0 aromatic rings. The lowest BCUT2D eigenvalue weighted by Crippen LogP contribution is -2.45. The average molecular weight is 429 g/mol. The van der Waals surface area contributed by atoms with E-state index in [-0.39, 0.29) is 12.8 Å². The molecule has 5 nitrogen and oxygen atoms in total. The Hall–Kier alpha value is -0.780. The number of ketones is 2. The van der Waals surface area contributed by atoms with E-state index >= 15 is 0 Å². The van der Waals surface area contributed by atoms with Crippen LogP contribution in [0.1, 0.15) is 129 Å². The van der Waals surface area contributed by atoms with Crippen molar-refractivity contribution >= 4 is 11.6 Å². The average Bonchev–Trinajstić information content (AvgIpc) is 2.75. The van der Waals surface area contributed by atoms with E-state index in [1.165, 1.54) is 51.4 Å².